The molecular formula is C9H13N5O. The molecule has 0 rings (SSSR count). The van der Waals surface area contributed by atoms with Crippen molar-refractivity contribution >= 4 is 6.08 Å². The molecule has 15 heavy (non-hydrogen) atoms. The zero-order valence-corrected chi connectivity index (χ0v) is 9.20. The summed E-state index contributed by atoms with van der Waals surface area (Å²) in [6.45, 7) is 6.57. The highest BCUT2D eigenvalue weighted by Crippen LogP contribution is 2.13. The summed E-state index contributed by atoms with van der Waals surface area (Å²) in [6.07, 6.45) is 0.750. The van der Waals surface area contributed by atoms with Crippen LogP contribution in [0.5, 0.6) is 0 Å². The lowest BCUT2D eigenvalue weighted by Crippen LogP contribution is -2.17. The molecule has 0 amide bonds. The zero-order valence-electron chi connectivity index (χ0n) is 9.20. The average Bonchev–Trinajstić information content (AvgIpc) is 2.17. The molecule has 0 aromatic rings. The molecule has 0 fully saturated rings. The molecule has 0 saturated heterocycles. The Morgan fingerprint density at radius 2 is 1.20 bits per heavy atom. The van der Waals surface area contributed by atoms with E-state index in [-0.39, 0.29) is 0 Å². The molecule has 0 aromatic heterocycles. The van der Waals surface area contributed by atoms with Crippen molar-refractivity contribution in [2.45, 2.75) is 38.8 Å². The van der Waals surface area contributed by atoms with Crippen LogP contribution in [0.15, 0.2) is 10.2 Å². The van der Waals surface area contributed by atoms with Gasteiger partial charge in [-0.25, -0.2) is 10.2 Å². The van der Waals surface area contributed by atoms with Gasteiger partial charge >= 0.3 is 0 Å². The second kappa shape index (κ2) is 6.42. The largest absolute Gasteiger partial charge is 0.231 e. The van der Waals surface area contributed by atoms with Gasteiger partial charge in [-0.1, -0.05) is 0 Å². The van der Waals surface area contributed by atoms with Crippen LogP contribution in [0.4, 0.5) is 0 Å². The van der Waals surface area contributed by atoms with Gasteiger partial charge in [0.2, 0.25) is 6.08 Å². The van der Waals surface area contributed by atoms with Crippen molar-refractivity contribution in [2.24, 2.45) is 10.2 Å². The first kappa shape index (κ1) is 15.4. The van der Waals surface area contributed by atoms with Crippen LogP contribution < -0.4 is 0 Å². The molecule has 0 unspecified atom stereocenters. The lowest BCUT2D eigenvalue weighted by atomic mass is 10.1. The van der Waals surface area contributed by atoms with E-state index < -0.39 is 11.1 Å². The summed E-state index contributed by atoms with van der Waals surface area (Å²) >= 11 is 0. The average molecular weight is 207 g/mol. The van der Waals surface area contributed by atoms with Crippen LogP contribution in [0.1, 0.15) is 27.7 Å². The molecule has 0 aliphatic rings. The predicted octanol–water partition coefficient (Wildman–Crippen LogP) is 1.94. The molecular weight excluding hydrogens is 194 g/mol. The SMILES string of the molecule is CC(C)(C#N)N=NC(C)(C)C#N.N=C=O. The number of rotatable bonds is 2. The summed E-state index contributed by atoms with van der Waals surface area (Å²) in [5.74, 6) is 0. The van der Waals surface area contributed by atoms with Crippen molar-refractivity contribution in [2.75, 3.05) is 0 Å². The highest BCUT2D eigenvalue weighted by Gasteiger charge is 2.19. The van der Waals surface area contributed by atoms with Gasteiger partial charge in [0, 0.05) is 0 Å². The summed E-state index contributed by atoms with van der Waals surface area (Å²) in [4.78, 5) is 8.35. The Morgan fingerprint density at radius 1 is 1.00 bits per heavy atom. The second-order valence-corrected chi connectivity index (χ2v) is 3.64. The van der Waals surface area contributed by atoms with E-state index >= 15 is 0 Å². The summed E-state index contributed by atoms with van der Waals surface area (Å²) in [7, 11) is 0. The highest BCUT2D eigenvalue weighted by atomic mass is 16.1. The molecule has 6 nitrogen and oxygen atoms in total. The fraction of sp³-hybridized carbons (Fsp3) is 0.667. The van der Waals surface area contributed by atoms with E-state index in [4.69, 9.17) is 20.7 Å². The predicted molar refractivity (Wildman–Crippen MR) is 52.7 cm³/mol. The second-order valence-electron chi connectivity index (χ2n) is 3.64. The molecule has 0 aliphatic carbocycles. The molecule has 1 N–H and O–H groups in total. The number of carbonyl (C=O) groups excluding carboxylic acids is 1. The number of hydrogen-bond acceptors (Lipinski definition) is 6. The van der Waals surface area contributed by atoms with Gasteiger partial charge in [-0.05, 0) is 27.7 Å². The molecule has 0 heterocycles. The van der Waals surface area contributed by atoms with E-state index in [1.54, 1.807) is 27.7 Å². The van der Waals surface area contributed by atoms with E-state index in [9.17, 15) is 0 Å². The smallest absolute Gasteiger partial charge is 0.222 e. The molecule has 0 saturated carbocycles. The fourth-order valence-corrected chi connectivity index (χ4v) is 0.295. The normalized spacial score (nSPS) is 10.5. The lowest BCUT2D eigenvalue weighted by Gasteiger charge is -2.11. The fourth-order valence-electron chi connectivity index (χ4n) is 0.295. The third kappa shape index (κ3) is 9.88. The van der Waals surface area contributed by atoms with Crippen LogP contribution in [0, 0.1) is 28.1 Å². The molecule has 80 valence electrons. The highest BCUT2D eigenvalue weighted by molar-refractivity contribution is 5.26. The third-order valence-corrected chi connectivity index (χ3v) is 1.10. The summed E-state index contributed by atoms with van der Waals surface area (Å²) < 4.78 is 0. The van der Waals surface area contributed by atoms with Crippen LogP contribution >= 0.6 is 0 Å². The van der Waals surface area contributed by atoms with Crippen LogP contribution in [0.25, 0.3) is 0 Å². The van der Waals surface area contributed by atoms with Gasteiger partial charge in [-0.3, -0.25) is 0 Å². The van der Waals surface area contributed by atoms with Crippen molar-refractivity contribution in [1.82, 2.24) is 0 Å². The summed E-state index contributed by atoms with van der Waals surface area (Å²) in [6, 6.07) is 3.94. The molecule has 0 spiro atoms. The van der Waals surface area contributed by atoms with Gasteiger partial charge in [-0.15, -0.1) is 0 Å². The molecule has 0 bridgehead atoms. The number of isocyanates is 1. The van der Waals surface area contributed by atoms with Crippen LogP contribution in [-0.4, -0.2) is 17.2 Å². The van der Waals surface area contributed by atoms with E-state index in [0.29, 0.717) is 0 Å². The standard InChI is InChI=1S/C8H12N4.CHNO/c1-7(2,5-9)11-12-8(3,4)6-10;2-1-3/h1-4H3;2H. The van der Waals surface area contributed by atoms with Gasteiger partial charge < -0.3 is 0 Å². The topological polar surface area (TPSA) is 113 Å². The van der Waals surface area contributed by atoms with E-state index in [2.05, 4.69) is 10.2 Å². The first-order chi connectivity index (χ1) is 6.74. The van der Waals surface area contributed by atoms with Crippen molar-refractivity contribution in [1.29, 1.82) is 15.9 Å². The van der Waals surface area contributed by atoms with Crippen molar-refractivity contribution in [3.63, 3.8) is 0 Å². The maximum atomic E-state index is 8.58. The molecule has 0 aromatic carbocycles. The maximum Gasteiger partial charge on any atom is 0.231 e. The van der Waals surface area contributed by atoms with Gasteiger partial charge in [0.05, 0.1) is 12.1 Å². The molecule has 0 atom stereocenters. The van der Waals surface area contributed by atoms with Crippen LogP contribution in [0.2, 0.25) is 0 Å². The lowest BCUT2D eigenvalue weighted by molar-refractivity contribution is 0.541. The minimum absolute atomic E-state index is 0.750. The summed E-state index contributed by atoms with van der Waals surface area (Å²) in [5.41, 5.74) is -1.68. The van der Waals surface area contributed by atoms with Crippen LogP contribution in [0.3, 0.4) is 0 Å². The first-order valence-corrected chi connectivity index (χ1v) is 4.05. The first-order valence-electron chi connectivity index (χ1n) is 4.05. The third-order valence-electron chi connectivity index (χ3n) is 1.10. The maximum absolute atomic E-state index is 8.58. The monoisotopic (exact) mass is 207 g/mol. The molecule has 0 radical (unpaired) electrons. The Balaban J connectivity index is 0. The summed E-state index contributed by atoms with van der Waals surface area (Å²) in [5, 5.41) is 30.1. The minimum atomic E-state index is -0.839. The minimum Gasteiger partial charge on any atom is -0.222 e. The van der Waals surface area contributed by atoms with E-state index in [0.717, 1.165) is 6.08 Å². The Kier molecular flexibility index (Phi) is 6.60. The van der Waals surface area contributed by atoms with Crippen LogP contribution in [-0.2, 0) is 4.79 Å². The van der Waals surface area contributed by atoms with Gasteiger partial charge in [0.25, 0.3) is 0 Å². The van der Waals surface area contributed by atoms with E-state index in [1.807, 2.05) is 12.1 Å². The number of azo groups is 1. The van der Waals surface area contributed by atoms with Gasteiger partial charge in [0.15, 0.2) is 11.1 Å². The quantitative estimate of drug-likeness (QED) is 0.424. The Morgan fingerprint density at radius 3 is 1.33 bits per heavy atom. The Hall–Kier alpha value is -2.04. The number of hydrogen-bond donors (Lipinski definition) is 1. The van der Waals surface area contributed by atoms with Gasteiger partial charge in [-0.2, -0.15) is 20.8 Å². The Labute approximate surface area is 88.7 Å². The van der Waals surface area contributed by atoms with Gasteiger partial charge in [0.1, 0.15) is 0 Å². The molecule has 0 aliphatic heterocycles. The molecule has 6 heteroatoms. The van der Waals surface area contributed by atoms with Crippen molar-refractivity contribution in [3.8, 4) is 12.1 Å². The zero-order chi connectivity index (χ0) is 12.5. The number of nitrogens with zero attached hydrogens (tertiary/aromatic N) is 4. The van der Waals surface area contributed by atoms with Crippen molar-refractivity contribution < 1.29 is 4.79 Å². The Bertz CT molecular complexity index is 308. The number of nitriles is 2. The van der Waals surface area contributed by atoms with E-state index in [1.165, 1.54) is 0 Å². The van der Waals surface area contributed by atoms with Crippen molar-refractivity contribution in [3.05, 3.63) is 0 Å². The number of nitrogens with one attached hydrogen (secondary N) is 1.